The van der Waals surface area contributed by atoms with Gasteiger partial charge in [0, 0.05) is 12.1 Å². The maximum absolute atomic E-state index is 11.3. The van der Waals surface area contributed by atoms with E-state index in [0.717, 1.165) is 5.56 Å². The number of hydrogen-bond acceptors (Lipinski definition) is 5. The van der Waals surface area contributed by atoms with Crippen LogP contribution >= 0.6 is 0 Å². The molecule has 0 saturated carbocycles. The van der Waals surface area contributed by atoms with E-state index in [4.69, 9.17) is 14.6 Å². The fraction of sp³-hybridized carbons (Fsp3) is 0.385. The van der Waals surface area contributed by atoms with E-state index in [9.17, 15) is 9.59 Å². The minimum Gasteiger partial charge on any atom is -0.497 e. The first-order valence-electron chi connectivity index (χ1n) is 5.97. The first kappa shape index (κ1) is 15.8. The number of carbonyl (C=O) groups excluding carboxylic acids is 1. The van der Waals surface area contributed by atoms with Gasteiger partial charge in [0.25, 0.3) is 0 Å². The number of amides is 1. The molecule has 0 aliphatic carbocycles. The Balaban J connectivity index is 2.48. The molecule has 1 aromatic rings. The molecule has 0 unspecified atom stereocenters. The molecule has 0 aromatic heterocycles. The van der Waals surface area contributed by atoms with E-state index >= 15 is 0 Å². The van der Waals surface area contributed by atoms with E-state index in [0.29, 0.717) is 18.0 Å². The van der Waals surface area contributed by atoms with Gasteiger partial charge in [0.2, 0.25) is 5.91 Å². The van der Waals surface area contributed by atoms with Crippen molar-refractivity contribution in [2.45, 2.75) is 6.54 Å². The largest absolute Gasteiger partial charge is 0.497 e. The van der Waals surface area contributed by atoms with Gasteiger partial charge in [-0.15, -0.1) is 0 Å². The summed E-state index contributed by atoms with van der Waals surface area (Å²) >= 11 is 0. The molecule has 3 N–H and O–H groups in total. The third-order valence-electron chi connectivity index (χ3n) is 2.53. The van der Waals surface area contributed by atoms with Crippen LogP contribution in [0.2, 0.25) is 0 Å². The topological polar surface area (TPSA) is 96.9 Å². The number of methoxy groups -OCH3 is 2. The van der Waals surface area contributed by atoms with Gasteiger partial charge in [-0.2, -0.15) is 0 Å². The SMILES string of the molecule is COc1ccc(OC)c(CNCC(=O)NCC(=O)O)c1. The highest BCUT2D eigenvalue weighted by atomic mass is 16.5. The van der Waals surface area contributed by atoms with E-state index in [-0.39, 0.29) is 19.0 Å². The zero-order valence-corrected chi connectivity index (χ0v) is 11.4. The van der Waals surface area contributed by atoms with Crippen molar-refractivity contribution in [2.24, 2.45) is 0 Å². The van der Waals surface area contributed by atoms with Crippen LogP contribution < -0.4 is 20.1 Å². The second kappa shape index (κ2) is 8.00. The van der Waals surface area contributed by atoms with Gasteiger partial charge in [0.1, 0.15) is 18.0 Å². The summed E-state index contributed by atoms with van der Waals surface area (Å²) in [5.41, 5.74) is 0.845. The van der Waals surface area contributed by atoms with Crippen LogP contribution in [0.25, 0.3) is 0 Å². The number of ether oxygens (including phenoxy) is 2. The standard InChI is InChI=1S/C13H18N2O5/c1-19-10-3-4-11(20-2)9(5-10)6-14-7-12(16)15-8-13(17)18/h3-5,14H,6-8H2,1-2H3,(H,15,16)(H,17,18). The summed E-state index contributed by atoms with van der Waals surface area (Å²) in [5, 5.41) is 13.6. The molecular formula is C13H18N2O5. The molecule has 0 atom stereocenters. The van der Waals surface area contributed by atoms with Crippen molar-refractivity contribution in [3.63, 3.8) is 0 Å². The fourth-order valence-corrected chi connectivity index (χ4v) is 1.57. The van der Waals surface area contributed by atoms with Gasteiger partial charge in [0.05, 0.1) is 20.8 Å². The summed E-state index contributed by atoms with van der Waals surface area (Å²) in [6, 6.07) is 5.36. The maximum Gasteiger partial charge on any atom is 0.322 e. The molecule has 0 radical (unpaired) electrons. The van der Waals surface area contributed by atoms with Crippen LogP contribution in [0.5, 0.6) is 11.5 Å². The van der Waals surface area contributed by atoms with Crippen molar-refractivity contribution in [3.8, 4) is 11.5 Å². The Morgan fingerprint density at radius 3 is 2.55 bits per heavy atom. The third kappa shape index (κ3) is 5.15. The van der Waals surface area contributed by atoms with Gasteiger partial charge >= 0.3 is 5.97 Å². The van der Waals surface area contributed by atoms with Gasteiger partial charge in [-0.05, 0) is 18.2 Å². The minimum absolute atomic E-state index is 0.0215. The highest BCUT2D eigenvalue weighted by Gasteiger charge is 2.07. The number of benzene rings is 1. The molecule has 20 heavy (non-hydrogen) atoms. The number of carbonyl (C=O) groups is 2. The fourth-order valence-electron chi connectivity index (χ4n) is 1.57. The molecule has 0 heterocycles. The molecule has 0 aliphatic rings. The van der Waals surface area contributed by atoms with E-state index < -0.39 is 5.97 Å². The Morgan fingerprint density at radius 2 is 1.95 bits per heavy atom. The Bertz CT molecular complexity index is 476. The van der Waals surface area contributed by atoms with E-state index in [1.54, 1.807) is 32.4 Å². The van der Waals surface area contributed by atoms with Crippen molar-refractivity contribution < 1.29 is 24.2 Å². The van der Waals surface area contributed by atoms with Crippen molar-refractivity contribution in [1.82, 2.24) is 10.6 Å². The summed E-state index contributed by atoms with van der Waals surface area (Å²) in [6.07, 6.45) is 0. The Labute approximate surface area is 116 Å². The molecule has 0 bridgehead atoms. The van der Waals surface area contributed by atoms with Gasteiger partial charge in [-0.25, -0.2) is 0 Å². The molecule has 1 rings (SSSR count). The van der Waals surface area contributed by atoms with Crippen molar-refractivity contribution >= 4 is 11.9 Å². The predicted molar refractivity (Wildman–Crippen MR) is 71.9 cm³/mol. The predicted octanol–water partition coefficient (Wildman–Crippen LogP) is -0.00580. The lowest BCUT2D eigenvalue weighted by atomic mass is 10.2. The average Bonchev–Trinajstić information content (AvgIpc) is 2.45. The van der Waals surface area contributed by atoms with Crippen LogP contribution in [0, 0.1) is 0 Å². The third-order valence-corrected chi connectivity index (χ3v) is 2.53. The molecule has 0 spiro atoms. The van der Waals surface area contributed by atoms with E-state index in [2.05, 4.69) is 10.6 Å². The summed E-state index contributed by atoms with van der Waals surface area (Å²) in [6.45, 7) is 0.0392. The first-order valence-corrected chi connectivity index (χ1v) is 5.97. The summed E-state index contributed by atoms with van der Waals surface area (Å²) in [4.78, 5) is 21.6. The van der Waals surface area contributed by atoms with Crippen LogP contribution in [0.1, 0.15) is 5.56 Å². The van der Waals surface area contributed by atoms with Gasteiger partial charge in [-0.1, -0.05) is 0 Å². The number of rotatable bonds is 8. The lowest BCUT2D eigenvalue weighted by molar-refractivity contribution is -0.137. The minimum atomic E-state index is -1.08. The average molecular weight is 282 g/mol. The monoisotopic (exact) mass is 282 g/mol. The van der Waals surface area contributed by atoms with Gasteiger partial charge < -0.3 is 25.2 Å². The van der Waals surface area contributed by atoms with Crippen molar-refractivity contribution in [2.75, 3.05) is 27.3 Å². The highest BCUT2D eigenvalue weighted by molar-refractivity contribution is 5.82. The van der Waals surface area contributed by atoms with E-state index in [1.807, 2.05) is 0 Å². The Kier molecular flexibility index (Phi) is 6.31. The Hall–Kier alpha value is -2.28. The summed E-state index contributed by atoms with van der Waals surface area (Å²) < 4.78 is 10.3. The number of carboxylic acid groups (broad SMARTS) is 1. The quantitative estimate of drug-likeness (QED) is 0.621. The van der Waals surface area contributed by atoms with Crippen LogP contribution in [-0.4, -0.2) is 44.3 Å². The molecular weight excluding hydrogens is 264 g/mol. The second-order valence-corrected chi connectivity index (χ2v) is 3.95. The van der Waals surface area contributed by atoms with Gasteiger partial charge in [-0.3, -0.25) is 9.59 Å². The Morgan fingerprint density at radius 1 is 1.20 bits per heavy atom. The lowest BCUT2D eigenvalue weighted by Crippen LogP contribution is -2.36. The summed E-state index contributed by atoms with van der Waals surface area (Å²) in [5.74, 6) is -0.0794. The normalized spacial score (nSPS) is 9.90. The number of hydrogen-bond donors (Lipinski definition) is 3. The van der Waals surface area contributed by atoms with Crippen molar-refractivity contribution in [3.05, 3.63) is 23.8 Å². The molecule has 110 valence electrons. The molecule has 1 aromatic carbocycles. The smallest absolute Gasteiger partial charge is 0.322 e. The first-order chi connectivity index (χ1) is 9.56. The van der Waals surface area contributed by atoms with Gasteiger partial charge in [0.15, 0.2) is 0 Å². The van der Waals surface area contributed by atoms with Crippen LogP contribution in [0.4, 0.5) is 0 Å². The molecule has 0 saturated heterocycles. The number of carboxylic acids is 1. The van der Waals surface area contributed by atoms with Crippen LogP contribution in [-0.2, 0) is 16.1 Å². The highest BCUT2D eigenvalue weighted by Crippen LogP contribution is 2.23. The molecule has 1 amide bonds. The number of nitrogens with one attached hydrogen (secondary N) is 2. The molecule has 0 aliphatic heterocycles. The van der Waals surface area contributed by atoms with E-state index in [1.165, 1.54) is 0 Å². The zero-order chi connectivity index (χ0) is 15.0. The zero-order valence-electron chi connectivity index (χ0n) is 11.4. The maximum atomic E-state index is 11.3. The van der Waals surface area contributed by atoms with Crippen molar-refractivity contribution in [1.29, 1.82) is 0 Å². The van der Waals surface area contributed by atoms with Crippen LogP contribution in [0.3, 0.4) is 0 Å². The number of aliphatic carboxylic acids is 1. The molecule has 0 fully saturated rings. The van der Waals surface area contributed by atoms with Crippen LogP contribution in [0.15, 0.2) is 18.2 Å². The second-order valence-electron chi connectivity index (χ2n) is 3.95. The summed E-state index contributed by atoms with van der Waals surface area (Å²) in [7, 11) is 3.13. The lowest BCUT2D eigenvalue weighted by Gasteiger charge is -2.11. The molecule has 7 nitrogen and oxygen atoms in total. The molecule has 7 heteroatoms.